The van der Waals surface area contributed by atoms with Crippen LogP contribution < -0.4 is 5.32 Å². The zero-order valence-electron chi connectivity index (χ0n) is 15.2. The number of imidazole rings is 1. The van der Waals surface area contributed by atoms with Gasteiger partial charge in [-0.2, -0.15) is 0 Å². The summed E-state index contributed by atoms with van der Waals surface area (Å²) in [5.41, 5.74) is 2.11. The fourth-order valence-corrected chi connectivity index (χ4v) is 5.54. The van der Waals surface area contributed by atoms with Gasteiger partial charge in [-0.25, -0.2) is 13.4 Å². The van der Waals surface area contributed by atoms with Gasteiger partial charge in [0.15, 0.2) is 15.0 Å². The molecule has 1 atom stereocenters. The fourth-order valence-electron chi connectivity index (χ4n) is 3.39. The highest BCUT2D eigenvalue weighted by Gasteiger charge is 2.30. The third-order valence-electron chi connectivity index (χ3n) is 4.81. The number of aromatic nitrogens is 2. The van der Waals surface area contributed by atoms with Gasteiger partial charge in [-0.15, -0.1) is 0 Å². The van der Waals surface area contributed by atoms with Crippen LogP contribution in [0.1, 0.15) is 28.4 Å². The summed E-state index contributed by atoms with van der Waals surface area (Å²) in [6.45, 7) is 0. The number of hydrogen-bond donors (Lipinski definition) is 1. The van der Waals surface area contributed by atoms with E-state index in [0.29, 0.717) is 22.4 Å². The average molecular weight is 414 g/mol. The van der Waals surface area contributed by atoms with E-state index in [9.17, 15) is 13.2 Å². The van der Waals surface area contributed by atoms with E-state index >= 15 is 0 Å². The van der Waals surface area contributed by atoms with Crippen LogP contribution in [0.15, 0.2) is 71.0 Å². The third kappa shape index (κ3) is 3.45. The monoisotopic (exact) mass is 413 g/mol. The van der Waals surface area contributed by atoms with Crippen molar-refractivity contribution < 1.29 is 13.2 Å². The molecule has 0 aliphatic carbocycles. The number of carbonyl (C=O) groups is 1. The summed E-state index contributed by atoms with van der Waals surface area (Å²) >= 11 is 1.55. The van der Waals surface area contributed by atoms with Crippen LogP contribution in [0.2, 0.25) is 0 Å². The molecule has 1 aliphatic heterocycles. The predicted octanol–water partition coefficient (Wildman–Crippen LogP) is 3.24. The quantitative estimate of drug-likeness (QED) is 0.664. The largest absolute Gasteiger partial charge is 0.345 e. The standard InChI is InChI=1S/C20H19N3O3S2/c1-27-20-21-11-12-23(20)15-8-6-14(7-9-15)19(24)22-17-10-13-28(25,26)18-5-3-2-4-16(17)18/h2-9,11-12,17H,10,13H2,1H3,(H,22,24). The van der Waals surface area contributed by atoms with E-state index in [1.165, 1.54) is 0 Å². The number of sulfone groups is 1. The summed E-state index contributed by atoms with van der Waals surface area (Å²) < 4.78 is 26.5. The highest BCUT2D eigenvalue weighted by Crippen LogP contribution is 2.32. The highest BCUT2D eigenvalue weighted by atomic mass is 32.2. The molecule has 3 aromatic rings. The van der Waals surface area contributed by atoms with Crippen LogP contribution >= 0.6 is 11.8 Å². The number of fused-ring (bicyclic) bond motifs is 1. The number of hydrogen-bond acceptors (Lipinski definition) is 5. The first-order chi connectivity index (χ1) is 13.5. The number of nitrogens with one attached hydrogen (secondary N) is 1. The molecule has 0 fully saturated rings. The lowest BCUT2D eigenvalue weighted by molar-refractivity contribution is 0.0934. The number of amides is 1. The molecule has 0 radical (unpaired) electrons. The van der Waals surface area contributed by atoms with E-state index < -0.39 is 9.84 Å². The van der Waals surface area contributed by atoms with Crippen molar-refractivity contribution >= 4 is 27.5 Å². The Hall–Kier alpha value is -2.58. The van der Waals surface area contributed by atoms with Gasteiger partial charge in [0.2, 0.25) is 0 Å². The van der Waals surface area contributed by atoms with Crippen molar-refractivity contribution in [3.05, 3.63) is 72.1 Å². The minimum absolute atomic E-state index is 0.0337. The summed E-state index contributed by atoms with van der Waals surface area (Å²) in [5, 5.41) is 3.85. The van der Waals surface area contributed by atoms with Crippen LogP contribution in [0.4, 0.5) is 0 Å². The smallest absolute Gasteiger partial charge is 0.251 e. The van der Waals surface area contributed by atoms with E-state index in [1.807, 2.05) is 29.2 Å². The van der Waals surface area contributed by atoms with Crippen LogP contribution in [0.5, 0.6) is 0 Å². The van der Waals surface area contributed by atoms with E-state index in [-0.39, 0.29) is 17.7 Å². The molecule has 0 saturated heterocycles. The van der Waals surface area contributed by atoms with Gasteiger partial charge in [-0.1, -0.05) is 30.0 Å². The Morgan fingerprint density at radius 1 is 1.18 bits per heavy atom. The number of rotatable bonds is 4. The second kappa shape index (κ2) is 7.44. The summed E-state index contributed by atoms with van der Waals surface area (Å²) in [5.74, 6) is -0.187. The van der Waals surface area contributed by atoms with Gasteiger partial charge >= 0.3 is 0 Å². The maximum atomic E-state index is 12.7. The Bertz CT molecular complexity index is 1120. The number of benzene rings is 2. The molecule has 4 rings (SSSR count). The van der Waals surface area contributed by atoms with Gasteiger partial charge in [0.05, 0.1) is 16.7 Å². The van der Waals surface area contributed by atoms with E-state index in [4.69, 9.17) is 0 Å². The van der Waals surface area contributed by atoms with Crippen LogP contribution in [-0.4, -0.2) is 35.9 Å². The first kappa shape index (κ1) is 18.8. The first-order valence-electron chi connectivity index (χ1n) is 8.80. The molecule has 1 amide bonds. The minimum atomic E-state index is -3.27. The molecule has 1 unspecified atom stereocenters. The Morgan fingerprint density at radius 2 is 1.93 bits per heavy atom. The van der Waals surface area contributed by atoms with Gasteiger partial charge in [0.1, 0.15) is 0 Å². The van der Waals surface area contributed by atoms with E-state index in [0.717, 1.165) is 10.8 Å². The van der Waals surface area contributed by atoms with Gasteiger partial charge in [0, 0.05) is 23.6 Å². The molecule has 2 aromatic carbocycles. The van der Waals surface area contributed by atoms with Crippen molar-refractivity contribution in [1.82, 2.24) is 14.9 Å². The normalized spacial score (nSPS) is 17.7. The van der Waals surface area contributed by atoms with Crippen molar-refractivity contribution in [2.24, 2.45) is 0 Å². The van der Waals surface area contributed by atoms with Crippen molar-refractivity contribution in [2.75, 3.05) is 12.0 Å². The molecule has 28 heavy (non-hydrogen) atoms. The molecule has 0 bridgehead atoms. The first-order valence-corrected chi connectivity index (χ1v) is 11.7. The lowest BCUT2D eigenvalue weighted by Crippen LogP contribution is -2.33. The second-order valence-corrected chi connectivity index (χ2v) is 9.35. The van der Waals surface area contributed by atoms with Crippen LogP contribution in [0, 0.1) is 0 Å². The lowest BCUT2D eigenvalue weighted by Gasteiger charge is -2.26. The summed E-state index contributed by atoms with van der Waals surface area (Å²) in [4.78, 5) is 17.3. The van der Waals surface area contributed by atoms with Crippen molar-refractivity contribution in [1.29, 1.82) is 0 Å². The van der Waals surface area contributed by atoms with Crippen LogP contribution in [-0.2, 0) is 9.84 Å². The molecule has 6 nitrogen and oxygen atoms in total. The van der Waals surface area contributed by atoms with Gasteiger partial charge in [-0.3, -0.25) is 9.36 Å². The molecule has 2 heterocycles. The lowest BCUT2D eigenvalue weighted by atomic mass is 10.0. The third-order valence-corrected chi connectivity index (χ3v) is 7.29. The molecule has 1 N–H and O–H groups in total. The molecule has 1 aromatic heterocycles. The molecule has 144 valence electrons. The molecular weight excluding hydrogens is 394 g/mol. The molecule has 1 aliphatic rings. The number of thioether (sulfide) groups is 1. The summed E-state index contributed by atoms with van der Waals surface area (Å²) in [6, 6.07) is 13.8. The van der Waals surface area contributed by atoms with Crippen LogP contribution in [0.3, 0.4) is 0 Å². The Balaban J connectivity index is 1.55. The fraction of sp³-hybridized carbons (Fsp3) is 0.200. The second-order valence-electron chi connectivity index (χ2n) is 6.50. The van der Waals surface area contributed by atoms with Crippen molar-refractivity contribution in [2.45, 2.75) is 22.5 Å². The zero-order valence-corrected chi connectivity index (χ0v) is 16.8. The highest BCUT2D eigenvalue weighted by molar-refractivity contribution is 7.98. The summed E-state index contributed by atoms with van der Waals surface area (Å²) in [6.07, 6.45) is 5.94. The maximum absolute atomic E-state index is 12.7. The zero-order chi connectivity index (χ0) is 19.7. The van der Waals surface area contributed by atoms with Gasteiger partial charge < -0.3 is 5.32 Å². The van der Waals surface area contributed by atoms with E-state index in [1.54, 1.807) is 54.4 Å². The Kier molecular flexibility index (Phi) is 4.99. The average Bonchev–Trinajstić information content (AvgIpc) is 3.19. The molecule has 0 spiro atoms. The molecule has 0 saturated carbocycles. The Labute approximate surface area is 167 Å². The van der Waals surface area contributed by atoms with Crippen molar-refractivity contribution in [3.8, 4) is 5.69 Å². The van der Waals surface area contributed by atoms with Gasteiger partial charge in [-0.05, 0) is 48.6 Å². The Morgan fingerprint density at radius 3 is 2.68 bits per heavy atom. The molecule has 8 heteroatoms. The minimum Gasteiger partial charge on any atom is -0.345 e. The van der Waals surface area contributed by atoms with Gasteiger partial charge in [0.25, 0.3) is 5.91 Å². The summed E-state index contributed by atoms with van der Waals surface area (Å²) in [7, 11) is -3.27. The predicted molar refractivity (Wildman–Crippen MR) is 109 cm³/mol. The molecular formula is C20H19N3O3S2. The number of nitrogens with zero attached hydrogens (tertiary/aromatic N) is 2. The van der Waals surface area contributed by atoms with Crippen LogP contribution in [0.25, 0.3) is 5.69 Å². The maximum Gasteiger partial charge on any atom is 0.251 e. The SMILES string of the molecule is CSc1nccn1-c1ccc(C(=O)NC2CCS(=O)(=O)c3ccccc32)cc1. The van der Waals surface area contributed by atoms with E-state index in [2.05, 4.69) is 10.3 Å². The van der Waals surface area contributed by atoms with Crippen molar-refractivity contribution in [3.63, 3.8) is 0 Å². The number of carbonyl (C=O) groups excluding carboxylic acids is 1. The topological polar surface area (TPSA) is 81.1 Å².